The van der Waals surface area contributed by atoms with E-state index in [1.807, 2.05) is 35.4 Å². The Morgan fingerprint density at radius 2 is 1.91 bits per heavy atom. The van der Waals surface area contributed by atoms with Crippen LogP contribution in [0.25, 0.3) is 22.3 Å². The lowest BCUT2D eigenvalue weighted by Crippen LogP contribution is -2.51. The van der Waals surface area contributed by atoms with E-state index in [1.54, 1.807) is 20.2 Å². The van der Waals surface area contributed by atoms with Crippen LogP contribution in [0.4, 0.5) is 5.69 Å². The molecule has 0 atom stereocenters. The number of hydrogen-bond acceptors (Lipinski definition) is 7. The minimum atomic E-state index is 0.161. The molecule has 166 valence electrons. The number of anilines is 1. The molecule has 0 saturated carbocycles. The normalized spacial score (nSPS) is 17.5. The van der Waals surface area contributed by atoms with Crippen LogP contribution in [-0.4, -0.2) is 70.6 Å². The lowest BCUT2D eigenvalue weighted by molar-refractivity contribution is -0.129. The SMILES string of the molecule is COc1ccc(-c2ccc3ncc4c(c3n2)N(C2CCN(C(C)=O)CC2)CN(C)C4)cn1. The van der Waals surface area contributed by atoms with E-state index in [4.69, 9.17) is 14.7 Å². The maximum absolute atomic E-state index is 11.8. The molecule has 8 nitrogen and oxygen atoms in total. The largest absolute Gasteiger partial charge is 0.481 e. The van der Waals surface area contributed by atoms with Crippen LogP contribution in [0.1, 0.15) is 25.3 Å². The Labute approximate surface area is 187 Å². The van der Waals surface area contributed by atoms with Gasteiger partial charge in [-0.2, -0.15) is 0 Å². The number of methoxy groups -OCH3 is 1. The summed E-state index contributed by atoms with van der Waals surface area (Å²) in [6.45, 7) is 4.94. The van der Waals surface area contributed by atoms with Crippen LogP contribution in [0.3, 0.4) is 0 Å². The summed E-state index contributed by atoms with van der Waals surface area (Å²) in [6.07, 6.45) is 5.69. The van der Waals surface area contributed by atoms with Crippen molar-refractivity contribution in [3.8, 4) is 17.1 Å². The van der Waals surface area contributed by atoms with E-state index in [-0.39, 0.29) is 5.91 Å². The van der Waals surface area contributed by atoms with Gasteiger partial charge in [0.05, 0.1) is 30.7 Å². The summed E-state index contributed by atoms with van der Waals surface area (Å²) in [6, 6.07) is 8.23. The van der Waals surface area contributed by atoms with E-state index >= 15 is 0 Å². The molecule has 0 aliphatic carbocycles. The molecule has 0 N–H and O–H groups in total. The quantitative estimate of drug-likeness (QED) is 0.630. The van der Waals surface area contributed by atoms with Crippen molar-refractivity contribution < 1.29 is 9.53 Å². The van der Waals surface area contributed by atoms with Crippen LogP contribution < -0.4 is 9.64 Å². The van der Waals surface area contributed by atoms with Crippen molar-refractivity contribution in [2.75, 3.05) is 38.8 Å². The molecule has 8 heteroatoms. The van der Waals surface area contributed by atoms with Gasteiger partial charge < -0.3 is 14.5 Å². The van der Waals surface area contributed by atoms with Crippen molar-refractivity contribution in [1.29, 1.82) is 0 Å². The standard InChI is InChI=1S/C24H28N6O2/c1-16(31)29-10-8-19(9-11-29)30-15-28(2)14-18-13-25-21-6-5-20(27-23(21)24(18)30)17-4-7-22(32-3)26-12-17/h4-7,12-13,19H,8-11,14-15H2,1-3H3. The van der Waals surface area contributed by atoms with E-state index in [0.717, 1.165) is 61.4 Å². The molecule has 0 spiro atoms. The van der Waals surface area contributed by atoms with Gasteiger partial charge in [0.1, 0.15) is 5.52 Å². The number of ether oxygens (including phenoxy) is 1. The Balaban J connectivity index is 1.55. The zero-order valence-electron chi connectivity index (χ0n) is 18.8. The van der Waals surface area contributed by atoms with E-state index < -0.39 is 0 Å². The van der Waals surface area contributed by atoms with E-state index in [1.165, 1.54) is 11.3 Å². The number of likely N-dealkylation sites (tertiary alicyclic amines) is 1. The zero-order valence-corrected chi connectivity index (χ0v) is 18.8. The van der Waals surface area contributed by atoms with Crippen LogP contribution in [-0.2, 0) is 11.3 Å². The molecular formula is C24H28N6O2. The van der Waals surface area contributed by atoms with Crippen LogP contribution in [0.15, 0.2) is 36.7 Å². The van der Waals surface area contributed by atoms with Crippen LogP contribution >= 0.6 is 0 Å². The summed E-state index contributed by atoms with van der Waals surface area (Å²) < 4.78 is 5.19. The molecule has 0 aromatic carbocycles. The summed E-state index contributed by atoms with van der Waals surface area (Å²) in [7, 11) is 3.75. The van der Waals surface area contributed by atoms with E-state index in [0.29, 0.717) is 11.9 Å². The van der Waals surface area contributed by atoms with Crippen molar-refractivity contribution in [2.24, 2.45) is 0 Å². The minimum absolute atomic E-state index is 0.161. The number of fused-ring (bicyclic) bond motifs is 3. The van der Waals surface area contributed by atoms with E-state index in [9.17, 15) is 4.79 Å². The molecule has 1 saturated heterocycles. The van der Waals surface area contributed by atoms with Gasteiger partial charge in [-0.3, -0.25) is 14.7 Å². The summed E-state index contributed by atoms with van der Waals surface area (Å²) in [4.78, 5) is 32.6. The summed E-state index contributed by atoms with van der Waals surface area (Å²) in [5, 5.41) is 0. The number of pyridine rings is 3. The molecule has 0 radical (unpaired) electrons. The summed E-state index contributed by atoms with van der Waals surface area (Å²) in [5.41, 5.74) is 6.01. The van der Waals surface area contributed by atoms with Gasteiger partial charge in [0, 0.05) is 62.2 Å². The van der Waals surface area contributed by atoms with Gasteiger partial charge >= 0.3 is 0 Å². The number of carbonyl (C=O) groups excluding carboxylic acids is 1. The lowest BCUT2D eigenvalue weighted by atomic mass is 9.99. The minimum Gasteiger partial charge on any atom is -0.481 e. The first-order valence-electron chi connectivity index (χ1n) is 11.0. The van der Waals surface area contributed by atoms with Gasteiger partial charge in [-0.1, -0.05) is 0 Å². The smallest absolute Gasteiger partial charge is 0.219 e. The van der Waals surface area contributed by atoms with Gasteiger partial charge in [0.15, 0.2) is 0 Å². The second kappa shape index (κ2) is 8.35. The summed E-state index contributed by atoms with van der Waals surface area (Å²) in [5.74, 6) is 0.744. The van der Waals surface area contributed by atoms with Crippen molar-refractivity contribution in [3.05, 3.63) is 42.2 Å². The van der Waals surface area contributed by atoms with Gasteiger partial charge in [-0.05, 0) is 38.1 Å². The highest BCUT2D eigenvalue weighted by molar-refractivity contribution is 5.92. The Bertz CT molecular complexity index is 1140. The van der Waals surface area contributed by atoms with Crippen molar-refractivity contribution in [1.82, 2.24) is 24.8 Å². The lowest BCUT2D eigenvalue weighted by Gasteiger charge is -2.44. The fourth-order valence-electron chi connectivity index (χ4n) is 4.80. The monoisotopic (exact) mass is 432 g/mol. The number of rotatable bonds is 3. The second-order valence-electron chi connectivity index (χ2n) is 8.65. The van der Waals surface area contributed by atoms with E-state index in [2.05, 4.69) is 21.8 Å². The third-order valence-electron chi connectivity index (χ3n) is 6.47. The number of nitrogens with zero attached hydrogens (tertiary/aromatic N) is 6. The van der Waals surface area contributed by atoms with Crippen molar-refractivity contribution >= 4 is 22.6 Å². The number of piperidine rings is 1. The molecule has 32 heavy (non-hydrogen) atoms. The molecule has 0 unspecified atom stereocenters. The van der Waals surface area contributed by atoms with Crippen LogP contribution in [0, 0.1) is 0 Å². The van der Waals surface area contributed by atoms with Crippen molar-refractivity contribution in [2.45, 2.75) is 32.4 Å². The molecule has 3 aromatic rings. The molecule has 0 bridgehead atoms. The Hall–Kier alpha value is -3.26. The fraction of sp³-hybridized carbons (Fsp3) is 0.417. The highest BCUT2D eigenvalue weighted by Crippen LogP contribution is 2.37. The molecule has 3 aromatic heterocycles. The van der Waals surface area contributed by atoms with Gasteiger partial charge in [0.25, 0.3) is 0 Å². The second-order valence-corrected chi connectivity index (χ2v) is 8.65. The molecule has 1 fully saturated rings. The Morgan fingerprint density at radius 3 is 2.59 bits per heavy atom. The molecule has 5 heterocycles. The average molecular weight is 433 g/mol. The Morgan fingerprint density at radius 1 is 1.09 bits per heavy atom. The first-order chi connectivity index (χ1) is 15.5. The topological polar surface area (TPSA) is 74.7 Å². The highest BCUT2D eigenvalue weighted by Gasteiger charge is 2.32. The number of amides is 1. The maximum Gasteiger partial charge on any atom is 0.219 e. The zero-order chi connectivity index (χ0) is 22.2. The van der Waals surface area contributed by atoms with Gasteiger partial charge in [0.2, 0.25) is 11.8 Å². The molecular weight excluding hydrogens is 404 g/mol. The molecule has 5 rings (SSSR count). The van der Waals surface area contributed by atoms with Crippen LogP contribution in [0.2, 0.25) is 0 Å². The summed E-state index contributed by atoms with van der Waals surface area (Å²) >= 11 is 0. The predicted molar refractivity (Wildman–Crippen MR) is 123 cm³/mol. The number of carbonyl (C=O) groups is 1. The molecule has 2 aliphatic rings. The number of hydrogen-bond donors (Lipinski definition) is 0. The first kappa shape index (κ1) is 20.6. The Kier molecular flexibility index (Phi) is 5.38. The van der Waals surface area contributed by atoms with Gasteiger partial charge in [-0.25, -0.2) is 9.97 Å². The average Bonchev–Trinajstić information content (AvgIpc) is 2.83. The first-order valence-corrected chi connectivity index (χ1v) is 11.0. The highest BCUT2D eigenvalue weighted by atomic mass is 16.5. The maximum atomic E-state index is 11.8. The third-order valence-corrected chi connectivity index (χ3v) is 6.47. The molecule has 1 amide bonds. The third kappa shape index (κ3) is 3.75. The van der Waals surface area contributed by atoms with Crippen LogP contribution in [0.5, 0.6) is 5.88 Å². The molecule has 2 aliphatic heterocycles. The predicted octanol–water partition coefficient (Wildman–Crippen LogP) is 2.92. The van der Waals surface area contributed by atoms with Crippen molar-refractivity contribution in [3.63, 3.8) is 0 Å². The number of aromatic nitrogens is 3. The van der Waals surface area contributed by atoms with Gasteiger partial charge in [-0.15, -0.1) is 0 Å². The fourth-order valence-corrected chi connectivity index (χ4v) is 4.80.